The summed E-state index contributed by atoms with van der Waals surface area (Å²) >= 11 is 1.53. The van der Waals surface area contributed by atoms with Crippen LogP contribution in [0.5, 0.6) is 0 Å². The van der Waals surface area contributed by atoms with Gasteiger partial charge in [0, 0.05) is 29.1 Å². The molecule has 2 N–H and O–H groups in total. The molecule has 6 nitrogen and oxygen atoms in total. The lowest BCUT2D eigenvalue weighted by molar-refractivity contribution is -0.268. The molecule has 1 amide bonds. The Hall–Kier alpha value is -3.84. The number of anilines is 1. The Labute approximate surface area is 247 Å². The third-order valence-corrected chi connectivity index (χ3v) is 8.07. The van der Waals surface area contributed by atoms with Gasteiger partial charge in [0.2, 0.25) is 5.82 Å². The molecule has 1 fully saturated rings. The first-order valence-corrected chi connectivity index (χ1v) is 14.1. The minimum atomic E-state index is -2.35. The number of thioether (sulfide) groups is 1. The lowest BCUT2D eigenvalue weighted by atomic mass is 9.91. The van der Waals surface area contributed by atoms with Crippen molar-refractivity contribution < 1.29 is 41.3 Å². The van der Waals surface area contributed by atoms with E-state index < -0.39 is 46.8 Å². The van der Waals surface area contributed by atoms with Crippen molar-refractivity contribution in [3.63, 3.8) is 0 Å². The van der Waals surface area contributed by atoms with E-state index in [0.29, 0.717) is 11.3 Å². The van der Waals surface area contributed by atoms with E-state index in [4.69, 9.17) is 9.47 Å². The number of carbonyl (C=O) groups excluding carboxylic acids is 1. The Balaban J connectivity index is 1.36. The molecule has 0 radical (unpaired) electrons. The molecule has 0 spiro atoms. The molecule has 12 heteroatoms. The summed E-state index contributed by atoms with van der Waals surface area (Å²) in [7, 11) is 0. The van der Waals surface area contributed by atoms with Crippen LogP contribution in [0.2, 0.25) is 0 Å². The Morgan fingerprint density at radius 1 is 0.860 bits per heavy atom. The van der Waals surface area contributed by atoms with Crippen LogP contribution in [0.25, 0.3) is 0 Å². The van der Waals surface area contributed by atoms with E-state index in [-0.39, 0.29) is 30.4 Å². The number of nitrogens with zero attached hydrogens (tertiary/aromatic N) is 1. The van der Waals surface area contributed by atoms with Crippen LogP contribution < -0.4 is 5.32 Å². The van der Waals surface area contributed by atoms with Gasteiger partial charge in [0.1, 0.15) is 5.56 Å². The molecule has 224 valence electrons. The Morgan fingerprint density at radius 2 is 1.49 bits per heavy atom. The highest BCUT2D eigenvalue weighted by Gasteiger charge is 2.38. The van der Waals surface area contributed by atoms with Crippen LogP contribution in [0.4, 0.5) is 27.6 Å². The van der Waals surface area contributed by atoms with Gasteiger partial charge in [-0.3, -0.25) is 4.79 Å². The average Bonchev–Trinajstić information content (AvgIpc) is 3.03. The van der Waals surface area contributed by atoms with Crippen LogP contribution in [0.3, 0.4) is 0 Å². The molecule has 5 rings (SSSR count). The van der Waals surface area contributed by atoms with Crippen LogP contribution in [0, 0.1) is 35.0 Å². The molecule has 4 atom stereocenters. The van der Waals surface area contributed by atoms with Gasteiger partial charge < -0.3 is 19.9 Å². The molecular formula is C31H25F5N2O4S. The number of nitrogens with one attached hydrogen (secondary N) is 1. The standard InChI is InChI=1S/C31H25F5N2O4S/c1-16-21(15-43-22-4-2-3-13-37-22)41-31(42-29(16)18-7-5-17(14-39)6-8-18)19-9-11-20(12-10-19)38-30(40)23-24(32)26(34)28(36)27(35)25(23)33/h2-13,16,21,29,31,39H,14-15H2,1H3,(H,38,40)/t16-,21+,29+,31+/m1/s1. The van der Waals surface area contributed by atoms with Crippen molar-refractivity contribution in [1.29, 1.82) is 0 Å². The van der Waals surface area contributed by atoms with Crippen molar-refractivity contribution in [2.75, 3.05) is 11.1 Å². The van der Waals surface area contributed by atoms with Gasteiger partial charge in [0.25, 0.3) is 5.91 Å². The number of halogens is 5. The number of rotatable bonds is 8. The van der Waals surface area contributed by atoms with E-state index in [1.807, 2.05) is 49.4 Å². The van der Waals surface area contributed by atoms with Crippen LogP contribution in [-0.4, -0.2) is 27.9 Å². The van der Waals surface area contributed by atoms with Gasteiger partial charge in [0.15, 0.2) is 29.6 Å². The molecule has 3 aromatic carbocycles. The number of hydrogen-bond acceptors (Lipinski definition) is 6. The van der Waals surface area contributed by atoms with E-state index in [9.17, 15) is 31.9 Å². The molecule has 0 bridgehead atoms. The molecule has 0 saturated carbocycles. The van der Waals surface area contributed by atoms with Gasteiger partial charge in [0.05, 0.1) is 23.8 Å². The highest BCUT2D eigenvalue weighted by Crippen LogP contribution is 2.43. The number of aromatic nitrogens is 1. The van der Waals surface area contributed by atoms with Gasteiger partial charge in [-0.1, -0.05) is 49.4 Å². The molecule has 1 aliphatic rings. The average molecular weight is 617 g/mol. The highest BCUT2D eigenvalue weighted by atomic mass is 32.2. The lowest BCUT2D eigenvalue weighted by Gasteiger charge is -2.41. The smallest absolute Gasteiger partial charge is 0.261 e. The second kappa shape index (κ2) is 13.2. The van der Waals surface area contributed by atoms with E-state index >= 15 is 0 Å². The molecule has 1 aromatic heterocycles. The number of amides is 1. The van der Waals surface area contributed by atoms with E-state index in [1.54, 1.807) is 18.3 Å². The van der Waals surface area contributed by atoms with Crippen molar-refractivity contribution in [3.05, 3.63) is 124 Å². The zero-order chi connectivity index (χ0) is 30.7. The van der Waals surface area contributed by atoms with E-state index in [2.05, 4.69) is 10.3 Å². The zero-order valence-corrected chi connectivity index (χ0v) is 23.4. The molecular weight excluding hydrogens is 591 g/mol. The maximum absolute atomic E-state index is 14.1. The molecule has 1 aliphatic heterocycles. The summed E-state index contributed by atoms with van der Waals surface area (Å²) < 4.78 is 81.4. The van der Waals surface area contributed by atoms with Crippen LogP contribution >= 0.6 is 11.8 Å². The van der Waals surface area contributed by atoms with E-state index in [0.717, 1.165) is 16.2 Å². The number of hydrogen-bond donors (Lipinski definition) is 2. The minimum Gasteiger partial charge on any atom is -0.392 e. The predicted molar refractivity (Wildman–Crippen MR) is 149 cm³/mol. The van der Waals surface area contributed by atoms with Gasteiger partial charge in [-0.15, -0.1) is 11.8 Å². The van der Waals surface area contributed by atoms with Crippen LogP contribution in [-0.2, 0) is 16.1 Å². The van der Waals surface area contributed by atoms with Gasteiger partial charge in [-0.2, -0.15) is 0 Å². The number of benzene rings is 3. The van der Waals surface area contributed by atoms with Crippen molar-refractivity contribution in [3.8, 4) is 0 Å². The summed E-state index contributed by atoms with van der Waals surface area (Å²) in [6, 6.07) is 18.9. The van der Waals surface area contributed by atoms with Crippen LogP contribution in [0.1, 0.15) is 46.4 Å². The lowest BCUT2D eigenvalue weighted by Crippen LogP contribution is -2.38. The SMILES string of the molecule is C[C@@H]1[C@H](CSc2ccccn2)O[C@H](c2ccc(NC(=O)c3c(F)c(F)c(F)c(F)c3F)cc2)O[C@@H]1c1ccc(CO)cc1. The summed E-state index contributed by atoms with van der Waals surface area (Å²) in [6.07, 6.45) is 0.209. The van der Waals surface area contributed by atoms with E-state index in [1.165, 1.54) is 23.9 Å². The van der Waals surface area contributed by atoms with Crippen molar-refractivity contribution >= 4 is 23.4 Å². The monoisotopic (exact) mass is 616 g/mol. The Kier molecular flexibility index (Phi) is 9.40. The fraction of sp³-hybridized carbons (Fsp3) is 0.226. The highest BCUT2D eigenvalue weighted by molar-refractivity contribution is 7.99. The fourth-order valence-electron chi connectivity index (χ4n) is 4.63. The van der Waals surface area contributed by atoms with Gasteiger partial charge >= 0.3 is 0 Å². The van der Waals surface area contributed by atoms with Gasteiger partial charge in [-0.05, 0) is 35.4 Å². The second-order valence-corrected chi connectivity index (χ2v) is 10.9. The molecule has 4 aromatic rings. The summed E-state index contributed by atoms with van der Waals surface area (Å²) in [5.41, 5.74) is 0.659. The minimum absolute atomic E-state index is 0.0419. The number of pyridine rings is 1. The zero-order valence-electron chi connectivity index (χ0n) is 22.6. The molecule has 43 heavy (non-hydrogen) atoms. The predicted octanol–water partition coefficient (Wildman–Crippen LogP) is 7.11. The first-order chi connectivity index (χ1) is 20.7. The molecule has 0 aliphatic carbocycles. The fourth-order valence-corrected chi connectivity index (χ4v) is 5.66. The second-order valence-electron chi connectivity index (χ2n) is 9.82. The topological polar surface area (TPSA) is 80.7 Å². The first-order valence-electron chi connectivity index (χ1n) is 13.1. The summed E-state index contributed by atoms with van der Waals surface area (Å²) in [5, 5.41) is 12.4. The van der Waals surface area contributed by atoms with Gasteiger partial charge in [-0.25, -0.2) is 26.9 Å². The Bertz CT molecular complexity index is 1560. The van der Waals surface area contributed by atoms with Crippen LogP contribution in [0.15, 0.2) is 78.0 Å². The van der Waals surface area contributed by atoms with Crippen molar-refractivity contribution in [1.82, 2.24) is 4.98 Å². The summed E-state index contributed by atoms with van der Waals surface area (Å²) in [6.45, 7) is 1.92. The third kappa shape index (κ3) is 6.57. The van der Waals surface area contributed by atoms with Crippen molar-refractivity contribution in [2.24, 2.45) is 5.92 Å². The number of aliphatic hydroxyl groups is 1. The number of carbonyl (C=O) groups is 1. The normalized spacial score (nSPS) is 20.2. The quantitative estimate of drug-likeness (QED) is 0.0952. The largest absolute Gasteiger partial charge is 0.392 e. The maximum Gasteiger partial charge on any atom is 0.261 e. The summed E-state index contributed by atoms with van der Waals surface area (Å²) in [4.78, 5) is 16.8. The number of ether oxygens (including phenoxy) is 2. The Morgan fingerprint density at radius 3 is 2.09 bits per heavy atom. The maximum atomic E-state index is 14.1. The molecule has 2 heterocycles. The number of aliphatic hydroxyl groups excluding tert-OH is 1. The molecule has 0 unspecified atom stereocenters. The molecule has 1 saturated heterocycles. The van der Waals surface area contributed by atoms with Crippen molar-refractivity contribution in [2.45, 2.75) is 37.1 Å². The third-order valence-electron chi connectivity index (χ3n) is 7.03. The first kappa shape index (κ1) is 30.6. The summed E-state index contributed by atoms with van der Waals surface area (Å²) in [5.74, 6) is -12.2.